The Bertz CT molecular complexity index is 820. The molecule has 0 spiro atoms. The van der Waals surface area contributed by atoms with Crippen molar-refractivity contribution in [2.75, 3.05) is 13.7 Å². The number of ether oxygens (including phenoxy) is 2. The number of hydrogen-bond acceptors (Lipinski definition) is 4. The van der Waals surface area contributed by atoms with Gasteiger partial charge in [0, 0.05) is 11.6 Å². The quantitative estimate of drug-likeness (QED) is 0.382. The van der Waals surface area contributed by atoms with Crippen molar-refractivity contribution in [2.24, 2.45) is 17.3 Å². The van der Waals surface area contributed by atoms with Gasteiger partial charge in [-0.3, -0.25) is 0 Å². The van der Waals surface area contributed by atoms with Gasteiger partial charge in [0.1, 0.15) is 6.61 Å². The van der Waals surface area contributed by atoms with Crippen LogP contribution in [-0.2, 0) is 19.1 Å². The normalized spacial score (nSPS) is 26.3. The molecule has 0 bridgehead atoms. The van der Waals surface area contributed by atoms with E-state index in [4.69, 9.17) is 9.47 Å². The Hall–Kier alpha value is -2.62. The van der Waals surface area contributed by atoms with Crippen LogP contribution in [0.3, 0.4) is 0 Å². The maximum Gasteiger partial charge on any atom is 0.333 e. The first-order valence-electron chi connectivity index (χ1n) is 10.3. The molecule has 1 saturated carbocycles. The average molecular weight is 395 g/mol. The van der Waals surface area contributed by atoms with Crippen molar-refractivity contribution in [1.82, 2.24) is 0 Å². The lowest BCUT2D eigenvalue weighted by Crippen LogP contribution is -2.39. The first-order chi connectivity index (χ1) is 13.9. The Morgan fingerprint density at radius 3 is 2.72 bits per heavy atom. The van der Waals surface area contributed by atoms with Crippen molar-refractivity contribution in [3.8, 4) is 0 Å². The molecule has 1 aromatic rings. The fourth-order valence-corrected chi connectivity index (χ4v) is 4.70. The van der Waals surface area contributed by atoms with E-state index in [2.05, 4.69) is 19.6 Å². The third kappa shape index (κ3) is 5.06. The molecule has 1 aromatic carbocycles. The molecule has 3 atom stereocenters. The molecule has 29 heavy (non-hydrogen) atoms. The molecule has 0 amide bonds. The summed E-state index contributed by atoms with van der Waals surface area (Å²) in [6.45, 7) is 6.59. The molecule has 0 unspecified atom stereocenters. The van der Waals surface area contributed by atoms with Crippen molar-refractivity contribution in [1.29, 1.82) is 0 Å². The van der Waals surface area contributed by atoms with Gasteiger partial charge in [-0.2, -0.15) is 0 Å². The molecule has 0 aromatic heterocycles. The molecule has 3 rings (SSSR count). The van der Waals surface area contributed by atoms with Gasteiger partial charge in [0.2, 0.25) is 0 Å². The topological polar surface area (TPSA) is 52.6 Å². The predicted molar refractivity (Wildman–Crippen MR) is 114 cm³/mol. The van der Waals surface area contributed by atoms with Crippen molar-refractivity contribution in [3.63, 3.8) is 0 Å². The largest absolute Gasteiger partial charge is 0.466 e. The number of methoxy groups -OCH3 is 1. The molecule has 0 N–H and O–H groups in total. The highest BCUT2D eigenvalue weighted by Gasteiger charge is 2.44. The van der Waals surface area contributed by atoms with E-state index < -0.39 is 0 Å². The maximum atomic E-state index is 12.2. The summed E-state index contributed by atoms with van der Waals surface area (Å²) in [7, 11) is 1.40. The fourth-order valence-electron chi connectivity index (χ4n) is 4.70. The maximum absolute atomic E-state index is 12.2. The lowest BCUT2D eigenvalue weighted by Gasteiger charge is -2.48. The fraction of sp³-hybridized carbons (Fsp3) is 0.440. The predicted octanol–water partition coefficient (Wildman–Crippen LogP) is 5.12. The van der Waals surface area contributed by atoms with E-state index in [0.717, 1.165) is 37.7 Å². The highest BCUT2D eigenvalue weighted by Crippen LogP contribution is 2.53. The van der Waals surface area contributed by atoms with Gasteiger partial charge in [0.25, 0.3) is 0 Å². The molecule has 2 aliphatic rings. The molecule has 154 valence electrons. The van der Waals surface area contributed by atoms with Crippen LogP contribution in [0, 0.1) is 17.3 Å². The van der Waals surface area contributed by atoms with Crippen LogP contribution in [0.15, 0.2) is 60.2 Å². The van der Waals surface area contributed by atoms with Gasteiger partial charge in [0.05, 0.1) is 7.11 Å². The summed E-state index contributed by atoms with van der Waals surface area (Å²) in [5, 5.41) is 0. The minimum Gasteiger partial charge on any atom is -0.466 e. The van der Waals surface area contributed by atoms with Crippen molar-refractivity contribution >= 4 is 18.0 Å². The molecule has 0 saturated heterocycles. The molecule has 1 fully saturated rings. The minimum absolute atomic E-state index is 0.121. The number of carbonyl (C=O) groups excluding carboxylic acids is 2. The van der Waals surface area contributed by atoms with E-state index in [1.165, 1.54) is 18.8 Å². The summed E-state index contributed by atoms with van der Waals surface area (Å²) in [5.74, 6) is -0.246. The van der Waals surface area contributed by atoms with Crippen LogP contribution in [-0.4, -0.2) is 25.7 Å². The monoisotopic (exact) mass is 394 g/mol. The van der Waals surface area contributed by atoms with E-state index >= 15 is 0 Å². The molecular formula is C25H30O4. The van der Waals surface area contributed by atoms with Crippen LogP contribution in [0.4, 0.5) is 0 Å². The van der Waals surface area contributed by atoms with Gasteiger partial charge in [-0.05, 0) is 66.6 Å². The Balaban J connectivity index is 1.63. The smallest absolute Gasteiger partial charge is 0.333 e. The van der Waals surface area contributed by atoms with E-state index in [1.807, 2.05) is 30.3 Å². The highest BCUT2D eigenvalue weighted by atomic mass is 16.5. The third-order valence-corrected chi connectivity index (χ3v) is 6.53. The Morgan fingerprint density at radius 2 is 2.00 bits per heavy atom. The number of allylic oxidation sites excluding steroid dienone is 1. The zero-order chi connectivity index (χ0) is 20.9. The summed E-state index contributed by atoms with van der Waals surface area (Å²) < 4.78 is 10.4. The highest BCUT2D eigenvalue weighted by molar-refractivity contribution is 5.88. The van der Waals surface area contributed by atoms with Gasteiger partial charge in [-0.25, -0.2) is 9.59 Å². The Morgan fingerprint density at radius 1 is 1.24 bits per heavy atom. The molecular weight excluding hydrogens is 364 g/mol. The van der Waals surface area contributed by atoms with Crippen LogP contribution in [0.5, 0.6) is 0 Å². The summed E-state index contributed by atoms with van der Waals surface area (Å²) >= 11 is 0. The number of fused-ring (bicyclic) bond motifs is 1. The minimum atomic E-state index is -0.339. The first kappa shape index (κ1) is 21.1. The van der Waals surface area contributed by atoms with Gasteiger partial charge in [0.15, 0.2) is 0 Å². The van der Waals surface area contributed by atoms with Gasteiger partial charge < -0.3 is 9.47 Å². The SMILES string of the molecule is C=C(C(=O)OC)[C@@H]1CC[C@@]2(C)CCC=C(COC(=O)/C=C\c3ccccc3)[C@@H]2C1. The summed E-state index contributed by atoms with van der Waals surface area (Å²) in [5.41, 5.74) is 2.87. The second-order valence-corrected chi connectivity index (χ2v) is 8.36. The number of hydrogen-bond donors (Lipinski definition) is 0. The molecule has 2 aliphatic carbocycles. The van der Waals surface area contributed by atoms with Crippen LogP contribution in [0.2, 0.25) is 0 Å². The van der Waals surface area contributed by atoms with Crippen molar-refractivity contribution < 1.29 is 19.1 Å². The van der Waals surface area contributed by atoms with Gasteiger partial charge >= 0.3 is 11.9 Å². The zero-order valence-corrected chi connectivity index (χ0v) is 17.4. The first-order valence-corrected chi connectivity index (χ1v) is 10.3. The van der Waals surface area contributed by atoms with Crippen LogP contribution < -0.4 is 0 Å². The Kier molecular flexibility index (Phi) is 6.73. The summed E-state index contributed by atoms with van der Waals surface area (Å²) in [6, 6.07) is 9.68. The summed E-state index contributed by atoms with van der Waals surface area (Å²) in [4.78, 5) is 24.1. The lowest BCUT2D eigenvalue weighted by atomic mass is 9.57. The van der Waals surface area contributed by atoms with E-state index in [1.54, 1.807) is 6.08 Å². The molecule has 4 nitrogen and oxygen atoms in total. The number of esters is 2. The second-order valence-electron chi connectivity index (χ2n) is 8.36. The molecule has 0 radical (unpaired) electrons. The van der Waals surface area contributed by atoms with Crippen LogP contribution >= 0.6 is 0 Å². The van der Waals surface area contributed by atoms with Crippen LogP contribution in [0.25, 0.3) is 6.08 Å². The standard InChI is InChI=1S/C25H30O4/c1-18(24(27)28-3)20-13-15-25(2)14-7-10-21(22(25)16-20)17-29-23(26)12-11-19-8-5-4-6-9-19/h4-6,8-12,20,22H,1,7,13-17H2,2-3H3/b12-11-/t20-,22+,25-/m1/s1. The molecule has 0 heterocycles. The van der Waals surface area contributed by atoms with Crippen molar-refractivity contribution in [3.05, 3.63) is 65.8 Å². The summed E-state index contributed by atoms with van der Waals surface area (Å²) in [6.07, 6.45) is 10.4. The zero-order valence-electron chi connectivity index (χ0n) is 17.4. The Labute approximate surface area is 173 Å². The second kappa shape index (κ2) is 9.25. The molecule has 0 aliphatic heterocycles. The lowest BCUT2D eigenvalue weighted by molar-refractivity contribution is -0.137. The van der Waals surface area contributed by atoms with Crippen molar-refractivity contribution in [2.45, 2.75) is 39.0 Å². The van der Waals surface area contributed by atoms with Gasteiger partial charge in [-0.1, -0.05) is 49.9 Å². The van der Waals surface area contributed by atoms with Crippen LogP contribution in [0.1, 0.15) is 44.6 Å². The van der Waals surface area contributed by atoms with Gasteiger partial charge in [-0.15, -0.1) is 0 Å². The van der Waals surface area contributed by atoms with E-state index in [9.17, 15) is 9.59 Å². The van der Waals surface area contributed by atoms with E-state index in [0.29, 0.717) is 18.1 Å². The average Bonchev–Trinajstić information content (AvgIpc) is 2.75. The number of carbonyl (C=O) groups is 2. The number of rotatable bonds is 6. The number of benzene rings is 1. The van der Waals surface area contributed by atoms with E-state index in [-0.39, 0.29) is 23.3 Å². The molecule has 4 heteroatoms. The third-order valence-electron chi connectivity index (χ3n) is 6.53.